The van der Waals surface area contributed by atoms with E-state index in [1.807, 2.05) is 0 Å². The van der Waals surface area contributed by atoms with E-state index < -0.39 is 0 Å². The molecule has 1 aliphatic rings. The van der Waals surface area contributed by atoms with Gasteiger partial charge in [-0.05, 0) is 30.6 Å². The van der Waals surface area contributed by atoms with Crippen LogP contribution in [0.3, 0.4) is 0 Å². The van der Waals surface area contributed by atoms with Crippen LogP contribution < -0.4 is 0 Å². The van der Waals surface area contributed by atoms with Crippen LogP contribution in [-0.4, -0.2) is 0 Å². The molecule has 0 nitrogen and oxygen atoms in total. The molecular formula is C14H24. The summed E-state index contributed by atoms with van der Waals surface area (Å²) in [7, 11) is 0. The van der Waals surface area contributed by atoms with Crippen LogP contribution in [0.2, 0.25) is 0 Å². The molecule has 0 saturated heterocycles. The average molecular weight is 192 g/mol. The Labute approximate surface area is 89.1 Å². The minimum atomic E-state index is 0.415. The van der Waals surface area contributed by atoms with Crippen molar-refractivity contribution in [2.24, 2.45) is 11.3 Å². The molecule has 0 heterocycles. The summed E-state index contributed by atoms with van der Waals surface area (Å²) >= 11 is 0. The second-order valence-electron chi connectivity index (χ2n) is 5.29. The van der Waals surface area contributed by atoms with Gasteiger partial charge in [-0.15, -0.1) is 0 Å². The Bertz CT molecular complexity index is 220. The third-order valence-corrected chi connectivity index (χ3v) is 3.75. The Balaban J connectivity index is 2.74. The maximum Gasteiger partial charge on any atom is -0.0145 e. The summed E-state index contributed by atoms with van der Waals surface area (Å²) in [6, 6.07) is 0. The summed E-state index contributed by atoms with van der Waals surface area (Å²) in [5.74, 6) is 0.608. The lowest BCUT2D eigenvalue weighted by atomic mass is 9.72. The molecule has 1 rings (SSSR count). The highest BCUT2D eigenvalue weighted by Gasteiger charge is 2.26. The molecule has 1 aliphatic carbocycles. The van der Waals surface area contributed by atoms with Crippen molar-refractivity contribution in [1.82, 2.24) is 0 Å². The Morgan fingerprint density at radius 2 is 2.00 bits per heavy atom. The van der Waals surface area contributed by atoms with Gasteiger partial charge in [0, 0.05) is 0 Å². The van der Waals surface area contributed by atoms with Gasteiger partial charge in [-0.3, -0.25) is 0 Å². The van der Waals surface area contributed by atoms with Crippen molar-refractivity contribution < 1.29 is 0 Å². The molecule has 0 spiro atoms. The van der Waals surface area contributed by atoms with E-state index in [0.717, 1.165) is 0 Å². The molecular weight excluding hydrogens is 168 g/mol. The van der Waals surface area contributed by atoms with Crippen LogP contribution in [-0.2, 0) is 0 Å². The van der Waals surface area contributed by atoms with Crippen LogP contribution in [0.4, 0.5) is 0 Å². The van der Waals surface area contributed by atoms with Gasteiger partial charge in [0.15, 0.2) is 0 Å². The third-order valence-electron chi connectivity index (χ3n) is 3.75. The number of allylic oxidation sites excluding steroid dienone is 3. The number of hydrogen-bond donors (Lipinski definition) is 0. The quantitative estimate of drug-likeness (QED) is 0.520. The lowest BCUT2D eigenvalue weighted by Gasteiger charge is -2.33. The second-order valence-corrected chi connectivity index (χ2v) is 5.29. The number of hydrogen-bond acceptors (Lipinski definition) is 0. The standard InChI is InChI=1S/C14H24/c1-12-10-8-6-5-7-9-11-14(3,4)13(12)2/h8,10,13H,1,5-7,9,11H2,2-4H3/b10-8-. The average Bonchev–Trinajstić information content (AvgIpc) is 2.13. The van der Waals surface area contributed by atoms with Crippen molar-refractivity contribution >= 4 is 0 Å². The molecule has 0 amide bonds. The van der Waals surface area contributed by atoms with Gasteiger partial charge in [0.25, 0.3) is 0 Å². The van der Waals surface area contributed by atoms with Crippen LogP contribution >= 0.6 is 0 Å². The van der Waals surface area contributed by atoms with E-state index in [1.54, 1.807) is 0 Å². The molecule has 0 fully saturated rings. The van der Waals surface area contributed by atoms with Crippen LogP contribution in [0.1, 0.15) is 52.9 Å². The van der Waals surface area contributed by atoms with Crippen molar-refractivity contribution in [1.29, 1.82) is 0 Å². The van der Waals surface area contributed by atoms with E-state index in [-0.39, 0.29) is 0 Å². The summed E-state index contributed by atoms with van der Waals surface area (Å²) < 4.78 is 0. The van der Waals surface area contributed by atoms with Gasteiger partial charge in [-0.25, -0.2) is 0 Å². The zero-order valence-corrected chi connectivity index (χ0v) is 9.97. The predicted octanol–water partition coefficient (Wildman–Crippen LogP) is 4.73. The van der Waals surface area contributed by atoms with E-state index in [4.69, 9.17) is 0 Å². The van der Waals surface area contributed by atoms with Crippen molar-refractivity contribution in [3.63, 3.8) is 0 Å². The molecule has 80 valence electrons. The van der Waals surface area contributed by atoms with Crippen LogP contribution in [0.15, 0.2) is 24.3 Å². The second kappa shape index (κ2) is 4.82. The Hall–Kier alpha value is -0.520. The van der Waals surface area contributed by atoms with E-state index in [1.165, 1.54) is 37.7 Å². The minimum Gasteiger partial charge on any atom is -0.0956 e. The number of rotatable bonds is 0. The van der Waals surface area contributed by atoms with Gasteiger partial charge >= 0.3 is 0 Å². The molecule has 0 heteroatoms. The highest BCUT2D eigenvalue weighted by Crippen LogP contribution is 2.37. The Morgan fingerprint density at radius 3 is 2.71 bits per heavy atom. The monoisotopic (exact) mass is 192 g/mol. The van der Waals surface area contributed by atoms with Gasteiger partial charge in [0.05, 0.1) is 0 Å². The fourth-order valence-electron chi connectivity index (χ4n) is 2.12. The summed E-state index contributed by atoms with van der Waals surface area (Å²) in [5.41, 5.74) is 1.72. The summed E-state index contributed by atoms with van der Waals surface area (Å²) in [5, 5.41) is 0. The fourth-order valence-corrected chi connectivity index (χ4v) is 2.12. The molecule has 1 unspecified atom stereocenters. The Kier molecular flexibility index (Phi) is 3.97. The maximum absolute atomic E-state index is 4.18. The molecule has 0 aromatic carbocycles. The molecule has 0 aliphatic heterocycles. The van der Waals surface area contributed by atoms with Gasteiger partial charge in [-0.2, -0.15) is 0 Å². The molecule has 1 atom stereocenters. The van der Waals surface area contributed by atoms with Crippen LogP contribution in [0.5, 0.6) is 0 Å². The molecule has 14 heavy (non-hydrogen) atoms. The van der Waals surface area contributed by atoms with Crippen molar-refractivity contribution in [3.8, 4) is 0 Å². The zero-order chi connectivity index (χ0) is 10.6. The highest BCUT2D eigenvalue weighted by molar-refractivity contribution is 5.19. The van der Waals surface area contributed by atoms with E-state index in [2.05, 4.69) is 39.5 Å². The van der Waals surface area contributed by atoms with E-state index in [0.29, 0.717) is 11.3 Å². The van der Waals surface area contributed by atoms with Crippen molar-refractivity contribution in [2.75, 3.05) is 0 Å². The van der Waals surface area contributed by atoms with Crippen LogP contribution in [0.25, 0.3) is 0 Å². The van der Waals surface area contributed by atoms with E-state index >= 15 is 0 Å². The van der Waals surface area contributed by atoms with E-state index in [9.17, 15) is 0 Å². The largest absolute Gasteiger partial charge is 0.0956 e. The summed E-state index contributed by atoms with van der Waals surface area (Å²) in [6.45, 7) is 11.2. The van der Waals surface area contributed by atoms with Crippen LogP contribution in [0, 0.1) is 11.3 Å². The SMILES string of the molecule is C=C1/C=C\CCCCCC(C)(C)C1C. The topological polar surface area (TPSA) is 0 Å². The minimum absolute atomic E-state index is 0.415. The first-order valence-corrected chi connectivity index (χ1v) is 5.89. The summed E-state index contributed by atoms with van der Waals surface area (Å²) in [6.07, 6.45) is 11.2. The van der Waals surface area contributed by atoms with Gasteiger partial charge in [0.2, 0.25) is 0 Å². The third kappa shape index (κ3) is 3.01. The molecule has 0 radical (unpaired) electrons. The lowest BCUT2D eigenvalue weighted by Crippen LogP contribution is -2.22. The summed E-state index contributed by atoms with van der Waals surface area (Å²) in [4.78, 5) is 0. The zero-order valence-electron chi connectivity index (χ0n) is 9.97. The molecule has 0 aromatic heterocycles. The Morgan fingerprint density at radius 1 is 1.29 bits per heavy atom. The van der Waals surface area contributed by atoms with Gasteiger partial charge in [0.1, 0.15) is 0 Å². The van der Waals surface area contributed by atoms with Crippen molar-refractivity contribution in [3.05, 3.63) is 24.3 Å². The maximum atomic E-state index is 4.18. The lowest BCUT2D eigenvalue weighted by molar-refractivity contribution is 0.237. The molecule has 0 N–H and O–H groups in total. The fraction of sp³-hybridized carbons (Fsp3) is 0.714. The first kappa shape index (κ1) is 11.6. The van der Waals surface area contributed by atoms with Gasteiger partial charge < -0.3 is 0 Å². The first-order chi connectivity index (χ1) is 6.54. The van der Waals surface area contributed by atoms with Crippen molar-refractivity contribution in [2.45, 2.75) is 52.9 Å². The van der Waals surface area contributed by atoms with Gasteiger partial charge in [-0.1, -0.05) is 57.9 Å². The first-order valence-electron chi connectivity index (χ1n) is 5.89. The smallest absolute Gasteiger partial charge is 0.0145 e. The molecule has 0 aromatic rings. The molecule has 0 saturated carbocycles. The highest BCUT2D eigenvalue weighted by atomic mass is 14.3. The predicted molar refractivity (Wildman–Crippen MR) is 64.3 cm³/mol. The normalized spacial score (nSPS) is 31.1. The molecule has 0 bridgehead atoms.